The molecule has 1 amide bonds. The van der Waals surface area contributed by atoms with Gasteiger partial charge in [0.15, 0.2) is 0 Å². The van der Waals surface area contributed by atoms with Crippen LogP contribution in [-0.2, 0) is 11.2 Å². The van der Waals surface area contributed by atoms with Crippen molar-refractivity contribution in [3.05, 3.63) is 48.4 Å². The summed E-state index contributed by atoms with van der Waals surface area (Å²) in [5.74, 6) is 0.828. The normalized spacial score (nSPS) is 16.8. The number of hydrogen-bond donors (Lipinski definition) is 1. The number of likely N-dealkylation sites (tertiary alicyclic amines) is 1. The van der Waals surface area contributed by atoms with Crippen LogP contribution in [0.3, 0.4) is 0 Å². The smallest absolute Gasteiger partial charge is 0.278 e. The van der Waals surface area contributed by atoms with Gasteiger partial charge in [-0.25, -0.2) is 9.97 Å². The molecule has 4 rings (SSSR count). The molecule has 0 spiro atoms. The SMILES string of the molecule is COc1nccnc1O[C@H]1CCN(C(=O)Cc2c[nH]c3ccccc23)C1. The second kappa shape index (κ2) is 7.03. The summed E-state index contributed by atoms with van der Waals surface area (Å²) in [6, 6.07) is 8.01. The Hall–Kier alpha value is -3.09. The molecule has 7 nitrogen and oxygen atoms in total. The topological polar surface area (TPSA) is 80.3 Å². The van der Waals surface area contributed by atoms with Crippen LogP contribution in [0, 0.1) is 0 Å². The quantitative estimate of drug-likeness (QED) is 0.761. The second-order valence-electron chi connectivity index (χ2n) is 6.28. The maximum atomic E-state index is 12.7. The molecule has 0 aliphatic carbocycles. The molecule has 1 N–H and O–H groups in total. The number of aromatic nitrogens is 3. The molecule has 1 saturated heterocycles. The number of amides is 1. The fraction of sp³-hybridized carbons (Fsp3) is 0.316. The van der Waals surface area contributed by atoms with Crippen molar-refractivity contribution in [3.8, 4) is 11.8 Å². The molecular weight excluding hydrogens is 332 g/mol. The van der Waals surface area contributed by atoms with Crippen LogP contribution in [0.25, 0.3) is 10.9 Å². The predicted octanol–water partition coefficient (Wildman–Crippen LogP) is 2.19. The number of H-pyrrole nitrogens is 1. The third-order valence-corrected chi connectivity index (χ3v) is 4.62. The fourth-order valence-corrected chi connectivity index (χ4v) is 3.29. The standard InChI is InChI=1S/C19H20N4O3/c1-25-18-19(21-8-7-20-18)26-14-6-9-23(12-14)17(24)10-13-11-22-16-5-3-2-4-15(13)16/h2-5,7-8,11,14,22H,6,9-10,12H2,1H3/t14-/m0/s1. The van der Waals surface area contributed by atoms with Gasteiger partial charge >= 0.3 is 0 Å². The van der Waals surface area contributed by atoms with E-state index in [0.29, 0.717) is 31.3 Å². The van der Waals surface area contributed by atoms with E-state index in [4.69, 9.17) is 9.47 Å². The van der Waals surface area contributed by atoms with Crippen molar-refractivity contribution >= 4 is 16.8 Å². The van der Waals surface area contributed by atoms with Crippen LogP contribution in [0.5, 0.6) is 11.8 Å². The molecule has 7 heteroatoms. The Balaban J connectivity index is 1.39. The number of ether oxygens (including phenoxy) is 2. The van der Waals surface area contributed by atoms with Gasteiger partial charge in [-0.3, -0.25) is 4.79 Å². The number of carbonyl (C=O) groups is 1. The highest BCUT2D eigenvalue weighted by molar-refractivity contribution is 5.89. The monoisotopic (exact) mass is 352 g/mol. The van der Waals surface area contributed by atoms with E-state index >= 15 is 0 Å². The summed E-state index contributed by atoms with van der Waals surface area (Å²) < 4.78 is 11.0. The molecule has 0 radical (unpaired) electrons. The largest absolute Gasteiger partial charge is 0.477 e. The summed E-state index contributed by atoms with van der Waals surface area (Å²) in [6.45, 7) is 1.22. The number of methoxy groups -OCH3 is 1. The van der Waals surface area contributed by atoms with Gasteiger partial charge in [-0.1, -0.05) is 18.2 Å². The van der Waals surface area contributed by atoms with E-state index in [2.05, 4.69) is 15.0 Å². The maximum Gasteiger partial charge on any atom is 0.278 e. The zero-order valence-electron chi connectivity index (χ0n) is 14.5. The summed E-state index contributed by atoms with van der Waals surface area (Å²) in [6.07, 6.45) is 6.07. The average Bonchev–Trinajstić information content (AvgIpc) is 3.30. The van der Waals surface area contributed by atoms with E-state index in [9.17, 15) is 4.79 Å². The lowest BCUT2D eigenvalue weighted by atomic mass is 10.1. The first-order chi connectivity index (χ1) is 12.7. The van der Waals surface area contributed by atoms with E-state index in [1.807, 2.05) is 35.4 Å². The van der Waals surface area contributed by atoms with Crippen LogP contribution in [0.15, 0.2) is 42.9 Å². The Morgan fingerprint density at radius 1 is 1.27 bits per heavy atom. The van der Waals surface area contributed by atoms with Crippen LogP contribution in [0.4, 0.5) is 0 Å². The molecule has 3 heterocycles. The first-order valence-electron chi connectivity index (χ1n) is 8.59. The Bertz CT molecular complexity index is 924. The summed E-state index contributed by atoms with van der Waals surface area (Å²) in [5.41, 5.74) is 2.07. The first-order valence-corrected chi connectivity index (χ1v) is 8.59. The molecule has 1 aliphatic heterocycles. The zero-order chi connectivity index (χ0) is 17.9. The van der Waals surface area contributed by atoms with E-state index < -0.39 is 0 Å². The number of para-hydroxylation sites is 1. The lowest BCUT2D eigenvalue weighted by Gasteiger charge is -2.17. The lowest BCUT2D eigenvalue weighted by Crippen LogP contribution is -2.32. The van der Waals surface area contributed by atoms with Crippen molar-refractivity contribution in [2.45, 2.75) is 18.9 Å². The Morgan fingerprint density at radius 2 is 2.08 bits per heavy atom. The van der Waals surface area contributed by atoms with Gasteiger partial charge in [0.25, 0.3) is 11.8 Å². The number of hydrogen-bond acceptors (Lipinski definition) is 5. The van der Waals surface area contributed by atoms with E-state index in [1.165, 1.54) is 7.11 Å². The van der Waals surface area contributed by atoms with Crippen molar-refractivity contribution in [1.29, 1.82) is 0 Å². The minimum atomic E-state index is -0.104. The van der Waals surface area contributed by atoms with Gasteiger partial charge in [0.05, 0.1) is 20.1 Å². The molecule has 26 heavy (non-hydrogen) atoms. The maximum absolute atomic E-state index is 12.7. The van der Waals surface area contributed by atoms with Gasteiger partial charge in [-0.2, -0.15) is 0 Å². The molecular formula is C19H20N4O3. The average molecular weight is 352 g/mol. The highest BCUT2D eigenvalue weighted by Gasteiger charge is 2.29. The van der Waals surface area contributed by atoms with E-state index in [0.717, 1.165) is 22.9 Å². The highest BCUT2D eigenvalue weighted by atomic mass is 16.5. The summed E-state index contributed by atoms with van der Waals surface area (Å²) in [7, 11) is 1.53. The van der Waals surface area contributed by atoms with Gasteiger partial charge in [0.1, 0.15) is 6.10 Å². The van der Waals surface area contributed by atoms with Gasteiger partial charge in [0.2, 0.25) is 5.91 Å². The molecule has 1 aromatic carbocycles. The number of benzene rings is 1. The fourth-order valence-electron chi connectivity index (χ4n) is 3.29. The van der Waals surface area contributed by atoms with Crippen molar-refractivity contribution in [2.75, 3.05) is 20.2 Å². The van der Waals surface area contributed by atoms with E-state index in [1.54, 1.807) is 12.4 Å². The molecule has 1 aliphatic rings. The summed E-state index contributed by atoms with van der Waals surface area (Å²) in [4.78, 5) is 26.0. The van der Waals surface area contributed by atoms with Crippen LogP contribution >= 0.6 is 0 Å². The van der Waals surface area contributed by atoms with Crippen LogP contribution in [0.1, 0.15) is 12.0 Å². The number of aromatic amines is 1. The number of rotatable bonds is 5. The zero-order valence-corrected chi connectivity index (χ0v) is 14.5. The van der Waals surface area contributed by atoms with Crippen molar-refractivity contribution < 1.29 is 14.3 Å². The van der Waals surface area contributed by atoms with Crippen molar-refractivity contribution in [3.63, 3.8) is 0 Å². The van der Waals surface area contributed by atoms with Crippen molar-refractivity contribution in [1.82, 2.24) is 19.9 Å². The molecule has 0 bridgehead atoms. The van der Waals surface area contributed by atoms with Gasteiger partial charge in [0, 0.05) is 42.5 Å². The molecule has 0 saturated carbocycles. The third kappa shape index (κ3) is 3.20. The molecule has 1 fully saturated rings. The number of fused-ring (bicyclic) bond motifs is 1. The Morgan fingerprint density at radius 3 is 2.92 bits per heavy atom. The van der Waals surface area contributed by atoms with Crippen LogP contribution in [0.2, 0.25) is 0 Å². The molecule has 134 valence electrons. The molecule has 3 aromatic rings. The predicted molar refractivity (Wildman–Crippen MR) is 96.2 cm³/mol. The molecule has 0 unspecified atom stereocenters. The lowest BCUT2D eigenvalue weighted by molar-refractivity contribution is -0.129. The van der Waals surface area contributed by atoms with Gasteiger partial charge in [-0.15, -0.1) is 0 Å². The van der Waals surface area contributed by atoms with Crippen molar-refractivity contribution in [2.24, 2.45) is 0 Å². The minimum absolute atomic E-state index is 0.104. The van der Waals surface area contributed by atoms with E-state index in [-0.39, 0.29) is 12.0 Å². The van der Waals surface area contributed by atoms with Crippen LogP contribution in [-0.4, -0.2) is 52.1 Å². The highest BCUT2D eigenvalue weighted by Crippen LogP contribution is 2.25. The van der Waals surface area contributed by atoms with Gasteiger partial charge < -0.3 is 19.4 Å². The Labute approximate surface area is 151 Å². The third-order valence-electron chi connectivity index (χ3n) is 4.62. The summed E-state index contributed by atoms with van der Waals surface area (Å²) >= 11 is 0. The second-order valence-corrected chi connectivity index (χ2v) is 6.28. The van der Waals surface area contributed by atoms with Gasteiger partial charge in [-0.05, 0) is 11.6 Å². The summed E-state index contributed by atoms with van der Waals surface area (Å²) in [5, 5.41) is 1.09. The number of nitrogens with one attached hydrogen (secondary N) is 1. The minimum Gasteiger partial charge on any atom is -0.477 e. The molecule has 2 aromatic heterocycles. The Kier molecular flexibility index (Phi) is 4.43. The number of carbonyl (C=O) groups excluding carboxylic acids is 1. The molecule has 1 atom stereocenters. The number of nitrogens with zero attached hydrogens (tertiary/aromatic N) is 3. The van der Waals surface area contributed by atoms with Crippen LogP contribution < -0.4 is 9.47 Å². The first kappa shape index (κ1) is 16.4.